The summed E-state index contributed by atoms with van der Waals surface area (Å²) in [7, 11) is 0. The molecule has 0 bridgehead atoms. The fourth-order valence-corrected chi connectivity index (χ4v) is 3.34. The predicted molar refractivity (Wildman–Crippen MR) is 108 cm³/mol. The molecule has 4 aromatic rings. The van der Waals surface area contributed by atoms with Crippen LogP contribution in [-0.4, -0.2) is 25.4 Å². The summed E-state index contributed by atoms with van der Waals surface area (Å²) >= 11 is 1.37. The number of nitrogens with one attached hydrogen (secondary N) is 1. The van der Waals surface area contributed by atoms with E-state index in [1.165, 1.54) is 17.7 Å². The lowest BCUT2D eigenvalue weighted by molar-refractivity contribution is 0.101. The van der Waals surface area contributed by atoms with Crippen molar-refractivity contribution in [3.63, 3.8) is 0 Å². The molecule has 4 rings (SSSR count). The number of anilines is 1. The molecule has 0 aromatic carbocycles. The van der Waals surface area contributed by atoms with E-state index in [0.717, 1.165) is 22.7 Å². The van der Waals surface area contributed by atoms with Crippen molar-refractivity contribution >= 4 is 34.5 Å². The van der Waals surface area contributed by atoms with Crippen LogP contribution in [0.3, 0.4) is 0 Å². The number of pyridine rings is 1. The van der Waals surface area contributed by atoms with Crippen molar-refractivity contribution in [2.75, 3.05) is 5.32 Å². The Labute approximate surface area is 165 Å². The molecule has 0 aliphatic rings. The first kappa shape index (κ1) is 17.9. The fourth-order valence-electron chi connectivity index (χ4n) is 2.66. The molecule has 28 heavy (non-hydrogen) atoms. The number of rotatable bonds is 6. The van der Waals surface area contributed by atoms with Gasteiger partial charge in [-0.2, -0.15) is 0 Å². The maximum atomic E-state index is 12.7. The Hall–Kier alpha value is -3.52. The standard InChI is InChI=1S/C20H17N5O2S/c1-14-17(22-13-27-14)5-4-16-12-28-20(23-16)24-19(26)18-3-2-10-25(18)11-15-6-8-21-9-7-15/h2-10,12-13H,11H2,1H3,(H,23,24,26). The topological polar surface area (TPSA) is 85.8 Å². The summed E-state index contributed by atoms with van der Waals surface area (Å²) < 4.78 is 7.06. The number of nitrogens with zero attached hydrogens (tertiary/aromatic N) is 4. The van der Waals surface area contributed by atoms with E-state index in [0.29, 0.717) is 17.4 Å². The van der Waals surface area contributed by atoms with Gasteiger partial charge in [0.2, 0.25) is 0 Å². The highest BCUT2D eigenvalue weighted by Crippen LogP contribution is 2.19. The Kier molecular flexibility index (Phi) is 5.11. The molecular formula is C20H17N5O2S. The molecule has 0 aliphatic heterocycles. The van der Waals surface area contributed by atoms with E-state index in [1.54, 1.807) is 18.5 Å². The lowest BCUT2D eigenvalue weighted by Crippen LogP contribution is -2.17. The molecule has 0 atom stereocenters. The van der Waals surface area contributed by atoms with Gasteiger partial charge in [0.15, 0.2) is 11.5 Å². The van der Waals surface area contributed by atoms with E-state index in [1.807, 2.05) is 53.4 Å². The summed E-state index contributed by atoms with van der Waals surface area (Å²) in [5.74, 6) is 0.547. The van der Waals surface area contributed by atoms with Gasteiger partial charge in [-0.15, -0.1) is 11.3 Å². The van der Waals surface area contributed by atoms with E-state index in [2.05, 4.69) is 20.3 Å². The zero-order valence-corrected chi connectivity index (χ0v) is 15.9. The maximum absolute atomic E-state index is 12.7. The third-order valence-electron chi connectivity index (χ3n) is 4.10. The largest absolute Gasteiger partial charge is 0.448 e. The van der Waals surface area contributed by atoms with Gasteiger partial charge in [0.05, 0.1) is 5.69 Å². The van der Waals surface area contributed by atoms with Crippen LogP contribution in [0.1, 0.15) is 33.2 Å². The van der Waals surface area contributed by atoms with Gasteiger partial charge in [0, 0.05) is 30.5 Å². The van der Waals surface area contributed by atoms with Gasteiger partial charge in [-0.3, -0.25) is 15.1 Å². The van der Waals surface area contributed by atoms with E-state index in [4.69, 9.17) is 4.42 Å². The van der Waals surface area contributed by atoms with Crippen LogP contribution in [0.15, 0.2) is 59.0 Å². The van der Waals surface area contributed by atoms with Crippen LogP contribution >= 0.6 is 11.3 Å². The van der Waals surface area contributed by atoms with Crippen LogP contribution in [0.5, 0.6) is 0 Å². The number of aromatic nitrogens is 4. The lowest BCUT2D eigenvalue weighted by Gasteiger charge is -2.08. The molecule has 0 fully saturated rings. The first-order valence-corrected chi connectivity index (χ1v) is 9.46. The SMILES string of the molecule is Cc1ocnc1C=Cc1csc(NC(=O)c2cccn2Cc2ccncc2)n1. The van der Waals surface area contributed by atoms with Gasteiger partial charge in [-0.05, 0) is 48.9 Å². The quantitative estimate of drug-likeness (QED) is 0.535. The molecule has 1 N–H and O–H groups in total. The van der Waals surface area contributed by atoms with Crippen molar-refractivity contribution in [1.29, 1.82) is 0 Å². The van der Waals surface area contributed by atoms with Gasteiger partial charge in [0.1, 0.15) is 17.1 Å². The van der Waals surface area contributed by atoms with Crippen LogP contribution in [0.2, 0.25) is 0 Å². The number of thiazole rings is 1. The Morgan fingerprint density at radius 2 is 2.14 bits per heavy atom. The van der Waals surface area contributed by atoms with E-state index in [-0.39, 0.29) is 5.91 Å². The summed E-state index contributed by atoms with van der Waals surface area (Å²) in [6, 6.07) is 7.50. The number of carbonyl (C=O) groups excluding carboxylic acids is 1. The summed E-state index contributed by atoms with van der Waals surface area (Å²) in [4.78, 5) is 25.2. The Balaban J connectivity index is 1.44. The highest BCUT2D eigenvalue weighted by molar-refractivity contribution is 7.14. The van der Waals surface area contributed by atoms with E-state index in [9.17, 15) is 4.79 Å². The van der Waals surface area contributed by atoms with E-state index < -0.39 is 0 Å². The molecule has 0 unspecified atom stereocenters. The van der Waals surface area contributed by atoms with Gasteiger partial charge in [-0.1, -0.05) is 0 Å². The lowest BCUT2D eigenvalue weighted by atomic mass is 10.2. The minimum Gasteiger partial charge on any atom is -0.448 e. The van der Waals surface area contributed by atoms with Crippen molar-refractivity contribution in [2.45, 2.75) is 13.5 Å². The van der Waals surface area contributed by atoms with Crippen molar-refractivity contribution in [3.8, 4) is 0 Å². The van der Waals surface area contributed by atoms with Crippen molar-refractivity contribution in [3.05, 3.63) is 83.0 Å². The number of aryl methyl sites for hydroxylation is 1. The monoisotopic (exact) mass is 391 g/mol. The van der Waals surface area contributed by atoms with Gasteiger partial charge in [-0.25, -0.2) is 9.97 Å². The third-order valence-corrected chi connectivity index (χ3v) is 4.88. The molecule has 140 valence electrons. The number of oxazole rings is 1. The number of hydrogen-bond donors (Lipinski definition) is 1. The first-order chi connectivity index (χ1) is 13.7. The number of amides is 1. The molecular weight excluding hydrogens is 374 g/mol. The van der Waals surface area contributed by atoms with E-state index >= 15 is 0 Å². The second-order valence-electron chi connectivity index (χ2n) is 6.04. The summed E-state index contributed by atoms with van der Waals surface area (Å²) in [5, 5.41) is 5.28. The Morgan fingerprint density at radius 3 is 2.93 bits per heavy atom. The molecule has 4 heterocycles. The molecule has 0 saturated carbocycles. The van der Waals surface area contributed by atoms with Crippen molar-refractivity contribution in [2.24, 2.45) is 0 Å². The van der Waals surface area contributed by atoms with Crippen molar-refractivity contribution < 1.29 is 9.21 Å². The number of carbonyl (C=O) groups is 1. The normalized spacial score (nSPS) is 11.2. The zero-order chi connectivity index (χ0) is 19.3. The fraction of sp³-hybridized carbons (Fsp3) is 0.100. The Morgan fingerprint density at radius 1 is 1.29 bits per heavy atom. The first-order valence-electron chi connectivity index (χ1n) is 8.58. The van der Waals surface area contributed by atoms with Gasteiger partial charge in [0.25, 0.3) is 5.91 Å². The molecule has 0 saturated heterocycles. The minimum absolute atomic E-state index is 0.198. The predicted octanol–water partition coefficient (Wildman–Crippen LogP) is 4.11. The summed E-state index contributed by atoms with van der Waals surface area (Å²) in [5.41, 5.74) is 3.15. The van der Waals surface area contributed by atoms with Gasteiger partial charge < -0.3 is 8.98 Å². The Bertz CT molecular complexity index is 1110. The highest BCUT2D eigenvalue weighted by atomic mass is 32.1. The second-order valence-corrected chi connectivity index (χ2v) is 6.89. The molecule has 1 amide bonds. The maximum Gasteiger partial charge on any atom is 0.274 e. The summed E-state index contributed by atoms with van der Waals surface area (Å²) in [6.45, 7) is 2.45. The average molecular weight is 391 g/mol. The van der Waals surface area contributed by atoms with Crippen LogP contribution in [0.25, 0.3) is 12.2 Å². The molecule has 0 radical (unpaired) electrons. The molecule has 8 heteroatoms. The zero-order valence-electron chi connectivity index (χ0n) is 15.1. The summed E-state index contributed by atoms with van der Waals surface area (Å²) in [6.07, 6.45) is 10.4. The van der Waals surface area contributed by atoms with Crippen LogP contribution in [0.4, 0.5) is 5.13 Å². The molecule has 7 nitrogen and oxygen atoms in total. The second kappa shape index (κ2) is 8.01. The van der Waals surface area contributed by atoms with Crippen LogP contribution in [-0.2, 0) is 6.54 Å². The van der Waals surface area contributed by atoms with Crippen molar-refractivity contribution in [1.82, 2.24) is 19.5 Å². The van der Waals surface area contributed by atoms with Crippen LogP contribution < -0.4 is 5.32 Å². The minimum atomic E-state index is -0.198. The highest BCUT2D eigenvalue weighted by Gasteiger charge is 2.13. The number of hydrogen-bond acceptors (Lipinski definition) is 6. The van der Waals surface area contributed by atoms with Gasteiger partial charge >= 0.3 is 0 Å². The average Bonchev–Trinajstić information content (AvgIpc) is 3.43. The molecule has 4 aromatic heterocycles. The molecule has 0 spiro atoms. The molecule has 0 aliphatic carbocycles. The smallest absolute Gasteiger partial charge is 0.274 e. The van der Waals surface area contributed by atoms with Crippen LogP contribution in [0, 0.1) is 6.92 Å². The third kappa shape index (κ3) is 4.07.